The maximum absolute atomic E-state index is 14.1. The first-order valence-electron chi connectivity index (χ1n) is 7.20. The van der Waals surface area contributed by atoms with Crippen molar-refractivity contribution in [2.24, 2.45) is 0 Å². The van der Waals surface area contributed by atoms with E-state index in [1.165, 1.54) is 6.07 Å². The number of benzene rings is 2. The molecule has 0 fully saturated rings. The second-order valence-corrected chi connectivity index (χ2v) is 5.41. The number of halogens is 1. The summed E-state index contributed by atoms with van der Waals surface area (Å²) in [5.41, 5.74) is 2.04. The number of amides is 1. The molecule has 0 aromatic heterocycles. The minimum Gasteiger partial charge on any atom is -0.486 e. The van der Waals surface area contributed by atoms with Crippen molar-refractivity contribution in [1.82, 2.24) is 0 Å². The summed E-state index contributed by atoms with van der Waals surface area (Å²) in [5, 5.41) is 2.83. The molecule has 2 aliphatic rings. The van der Waals surface area contributed by atoms with Crippen LogP contribution in [0, 0.1) is 5.82 Å². The van der Waals surface area contributed by atoms with Gasteiger partial charge in [0.15, 0.2) is 11.5 Å². The van der Waals surface area contributed by atoms with Gasteiger partial charge in [0.1, 0.15) is 19.0 Å². The lowest BCUT2D eigenvalue weighted by Crippen LogP contribution is -2.25. The van der Waals surface area contributed by atoms with Crippen LogP contribution in [0.1, 0.15) is 23.5 Å². The van der Waals surface area contributed by atoms with Crippen molar-refractivity contribution >= 4 is 11.6 Å². The standard InChI is InChI=1S/C17H14FNO3/c18-13-4-2-1-3-10(13)11-8-17(20)19-14-9-16-15(7-12(11)14)21-5-6-22-16/h1-4,7,9,11H,5-6,8H2,(H,19,20)/t11-/m1/s1. The highest BCUT2D eigenvalue weighted by Crippen LogP contribution is 2.44. The van der Waals surface area contributed by atoms with Crippen LogP contribution in [-0.4, -0.2) is 19.1 Å². The molecule has 0 bridgehead atoms. The van der Waals surface area contributed by atoms with E-state index in [0.29, 0.717) is 36.0 Å². The molecule has 2 heterocycles. The van der Waals surface area contributed by atoms with E-state index >= 15 is 0 Å². The van der Waals surface area contributed by atoms with Gasteiger partial charge in [0.2, 0.25) is 5.91 Å². The van der Waals surface area contributed by atoms with E-state index in [4.69, 9.17) is 9.47 Å². The molecule has 1 N–H and O–H groups in total. The average molecular weight is 299 g/mol. The van der Waals surface area contributed by atoms with Gasteiger partial charge < -0.3 is 14.8 Å². The third-order valence-electron chi connectivity index (χ3n) is 4.03. The summed E-state index contributed by atoms with van der Waals surface area (Å²) in [6, 6.07) is 10.2. The van der Waals surface area contributed by atoms with E-state index in [2.05, 4.69) is 5.32 Å². The Kier molecular flexibility index (Phi) is 2.99. The van der Waals surface area contributed by atoms with Gasteiger partial charge in [0.05, 0.1) is 0 Å². The van der Waals surface area contributed by atoms with Gasteiger partial charge >= 0.3 is 0 Å². The van der Waals surface area contributed by atoms with E-state index < -0.39 is 0 Å². The number of carbonyl (C=O) groups excluding carboxylic acids is 1. The first kappa shape index (κ1) is 13.1. The highest BCUT2D eigenvalue weighted by Gasteiger charge is 2.30. The van der Waals surface area contributed by atoms with Crippen LogP contribution in [0.25, 0.3) is 0 Å². The van der Waals surface area contributed by atoms with E-state index in [1.807, 2.05) is 6.07 Å². The van der Waals surface area contributed by atoms with Gasteiger partial charge in [-0.1, -0.05) is 18.2 Å². The van der Waals surface area contributed by atoms with Crippen LogP contribution in [0.2, 0.25) is 0 Å². The van der Waals surface area contributed by atoms with Crippen LogP contribution in [0.15, 0.2) is 36.4 Å². The van der Waals surface area contributed by atoms with Crippen molar-refractivity contribution < 1.29 is 18.7 Å². The normalized spacial score (nSPS) is 19.3. The zero-order valence-electron chi connectivity index (χ0n) is 11.8. The van der Waals surface area contributed by atoms with Gasteiger partial charge in [0, 0.05) is 24.1 Å². The van der Waals surface area contributed by atoms with Crippen LogP contribution in [0.5, 0.6) is 11.5 Å². The molecule has 2 aromatic carbocycles. The third kappa shape index (κ3) is 2.09. The van der Waals surface area contributed by atoms with Crippen LogP contribution in [0.3, 0.4) is 0 Å². The molecule has 1 amide bonds. The molecule has 4 nitrogen and oxygen atoms in total. The van der Waals surface area contributed by atoms with Gasteiger partial charge in [0.25, 0.3) is 0 Å². The van der Waals surface area contributed by atoms with E-state index in [9.17, 15) is 9.18 Å². The van der Waals surface area contributed by atoms with Crippen molar-refractivity contribution in [3.63, 3.8) is 0 Å². The Balaban J connectivity index is 1.86. The molecule has 22 heavy (non-hydrogen) atoms. The van der Waals surface area contributed by atoms with E-state index in [-0.39, 0.29) is 24.1 Å². The summed E-state index contributed by atoms with van der Waals surface area (Å²) < 4.78 is 25.3. The Morgan fingerprint density at radius 2 is 1.77 bits per heavy atom. The minimum atomic E-state index is -0.319. The fourth-order valence-corrected chi connectivity index (χ4v) is 3.03. The van der Waals surface area contributed by atoms with E-state index in [1.54, 1.807) is 24.3 Å². The fourth-order valence-electron chi connectivity index (χ4n) is 3.03. The number of ether oxygens (including phenoxy) is 2. The predicted octanol–water partition coefficient (Wildman–Crippen LogP) is 3.07. The molecule has 4 rings (SSSR count). The van der Waals surface area contributed by atoms with E-state index in [0.717, 1.165) is 5.56 Å². The zero-order valence-corrected chi connectivity index (χ0v) is 11.8. The zero-order chi connectivity index (χ0) is 15.1. The topological polar surface area (TPSA) is 47.6 Å². The predicted molar refractivity (Wildman–Crippen MR) is 78.9 cm³/mol. The number of hydrogen-bond acceptors (Lipinski definition) is 3. The number of fused-ring (bicyclic) bond motifs is 2. The SMILES string of the molecule is O=C1C[C@H](c2ccccc2F)c2cc3c(cc2N1)OCCO3. The van der Waals surface area contributed by atoms with Crippen molar-refractivity contribution in [3.8, 4) is 11.5 Å². The lowest BCUT2D eigenvalue weighted by molar-refractivity contribution is -0.116. The first-order chi connectivity index (χ1) is 10.7. The van der Waals surface area contributed by atoms with Crippen molar-refractivity contribution in [2.45, 2.75) is 12.3 Å². The Morgan fingerprint density at radius 1 is 1.05 bits per heavy atom. The molecule has 2 aromatic rings. The van der Waals surface area contributed by atoms with Gasteiger partial charge in [-0.3, -0.25) is 4.79 Å². The van der Waals surface area contributed by atoms with Gasteiger partial charge in [-0.15, -0.1) is 0 Å². The number of nitrogens with one attached hydrogen (secondary N) is 1. The fraction of sp³-hybridized carbons (Fsp3) is 0.235. The summed E-state index contributed by atoms with van der Waals surface area (Å²) in [4.78, 5) is 12.0. The Bertz CT molecular complexity index is 760. The molecule has 0 spiro atoms. The first-order valence-corrected chi connectivity index (χ1v) is 7.20. The molecule has 0 radical (unpaired) electrons. The van der Waals surface area contributed by atoms with Crippen LogP contribution in [-0.2, 0) is 4.79 Å². The number of hydrogen-bond donors (Lipinski definition) is 1. The lowest BCUT2D eigenvalue weighted by atomic mass is 9.84. The number of carbonyl (C=O) groups is 1. The monoisotopic (exact) mass is 299 g/mol. The molecule has 0 aliphatic carbocycles. The molecule has 2 aliphatic heterocycles. The molecule has 1 atom stereocenters. The minimum absolute atomic E-state index is 0.127. The molecular weight excluding hydrogens is 285 g/mol. The molecule has 5 heteroatoms. The summed E-state index contributed by atoms with van der Waals surface area (Å²) in [6.45, 7) is 0.971. The van der Waals surface area contributed by atoms with Crippen molar-refractivity contribution in [1.29, 1.82) is 0 Å². The number of anilines is 1. The number of rotatable bonds is 1. The third-order valence-corrected chi connectivity index (χ3v) is 4.03. The molecule has 112 valence electrons. The summed E-state index contributed by atoms with van der Waals surface area (Å²) in [7, 11) is 0. The second-order valence-electron chi connectivity index (χ2n) is 5.41. The smallest absolute Gasteiger partial charge is 0.225 e. The highest BCUT2D eigenvalue weighted by atomic mass is 19.1. The average Bonchev–Trinajstić information content (AvgIpc) is 2.53. The van der Waals surface area contributed by atoms with Gasteiger partial charge in [-0.25, -0.2) is 4.39 Å². The van der Waals surface area contributed by atoms with Crippen molar-refractivity contribution in [3.05, 3.63) is 53.3 Å². The Morgan fingerprint density at radius 3 is 2.55 bits per heavy atom. The summed E-state index contributed by atoms with van der Waals surface area (Å²) >= 11 is 0. The van der Waals surface area contributed by atoms with Crippen LogP contribution >= 0.6 is 0 Å². The maximum Gasteiger partial charge on any atom is 0.225 e. The lowest BCUT2D eigenvalue weighted by Gasteiger charge is -2.29. The van der Waals surface area contributed by atoms with Crippen LogP contribution in [0.4, 0.5) is 10.1 Å². The molecule has 0 saturated carbocycles. The molecule has 0 unspecified atom stereocenters. The second kappa shape index (κ2) is 5.02. The highest BCUT2D eigenvalue weighted by molar-refractivity contribution is 5.96. The van der Waals surface area contributed by atoms with Crippen molar-refractivity contribution in [2.75, 3.05) is 18.5 Å². The Hall–Kier alpha value is -2.56. The summed E-state index contributed by atoms with van der Waals surface area (Å²) in [5.74, 6) is 0.503. The van der Waals surface area contributed by atoms with Gasteiger partial charge in [-0.05, 0) is 23.3 Å². The maximum atomic E-state index is 14.1. The molecular formula is C17H14FNO3. The molecule has 0 saturated heterocycles. The van der Waals surface area contributed by atoms with Crippen LogP contribution < -0.4 is 14.8 Å². The summed E-state index contributed by atoms with van der Waals surface area (Å²) in [6.07, 6.45) is 0.216. The quantitative estimate of drug-likeness (QED) is 0.880. The largest absolute Gasteiger partial charge is 0.486 e. The van der Waals surface area contributed by atoms with Gasteiger partial charge in [-0.2, -0.15) is 0 Å². The Labute approximate surface area is 126 Å².